The van der Waals surface area contributed by atoms with Crippen molar-refractivity contribution in [3.8, 4) is 11.1 Å². The van der Waals surface area contributed by atoms with Crippen molar-refractivity contribution in [3.05, 3.63) is 174 Å². The van der Waals surface area contributed by atoms with Gasteiger partial charge in [-0.3, -0.25) is 53.7 Å². The lowest BCUT2D eigenvalue weighted by Gasteiger charge is -2.32. The predicted molar refractivity (Wildman–Crippen MR) is 238 cm³/mol. The number of pyridine rings is 1. The van der Waals surface area contributed by atoms with E-state index in [1.165, 1.54) is 29.5 Å². The van der Waals surface area contributed by atoms with Gasteiger partial charge in [0.15, 0.2) is 5.76 Å². The first-order valence-corrected chi connectivity index (χ1v) is 20.8. The highest BCUT2D eigenvalue weighted by Gasteiger charge is 2.44. The number of carbonyl (C=O) groups excluding carboxylic acids is 7. The third kappa shape index (κ3) is 9.63. The van der Waals surface area contributed by atoms with Crippen LogP contribution in [0.15, 0.2) is 150 Å². The fraction of sp³-hybridized carbons (Fsp3) is 0.184. The van der Waals surface area contributed by atoms with Gasteiger partial charge in [-0.05, 0) is 72.0 Å². The fourth-order valence-electron chi connectivity index (χ4n) is 7.63. The van der Waals surface area contributed by atoms with Crippen molar-refractivity contribution in [2.75, 3.05) is 23.3 Å². The summed E-state index contributed by atoms with van der Waals surface area (Å²) >= 11 is 0. The van der Waals surface area contributed by atoms with Crippen molar-refractivity contribution in [1.82, 2.24) is 25.8 Å². The molecule has 15 heteroatoms. The molecule has 3 atom stereocenters. The number of nitrogens with one attached hydrogen (secondary N) is 4. The lowest BCUT2D eigenvalue weighted by molar-refractivity contribution is -0.129. The Morgan fingerprint density at radius 1 is 0.750 bits per heavy atom. The second-order valence-electron chi connectivity index (χ2n) is 14.8. The number of aromatic nitrogens is 1. The Hall–Kier alpha value is -8.20. The van der Waals surface area contributed by atoms with Gasteiger partial charge in [0.25, 0.3) is 17.7 Å². The van der Waals surface area contributed by atoms with Crippen LogP contribution in [0.25, 0.3) is 11.1 Å². The molecular weight excluding hydrogens is 815 g/mol. The number of anilines is 2. The van der Waals surface area contributed by atoms with E-state index >= 15 is 0 Å². The van der Waals surface area contributed by atoms with Gasteiger partial charge in [0.1, 0.15) is 18.1 Å². The van der Waals surface area contributed by atoms with Gasteiger partial charge in [0, 0.05) is 42.4 Å². The number of hydrogen-bond acceptors (Lipinski definition) is 10. The summed E-state index contributed by atoms with van der Waals surface area (Å²) < 4.78 is 5.54. The summed E-state index contributed by atoms with van der Waals surface area (Å²) in [6.45, 7) is 2.21. The van der Waals surface area contributed by atoms with Crippen LogP contribution in [0.5, 0.6) is 0 Å². The zero-order valence-electron chi connectivity index (χ0n) is 34.8. The van der Waals surface area contributed by atoms with Crippen LogP contribution in [0.2, 0.25) is 0 Å². The third-order valence-electron chi connectivity index (χ3n) is 10.7. The Labute approximate surface area is 368 Å². The molecule has 7 rings (SSSR count). The van der Waals surface area contributed by atoms with Crippen molar-refractivity contribution >= 4 is 53.2 Å². The minimum atomic E-state index is -1.31. The van der Waals surface area contributed by atoms with Crippen LogP contribution in [0.3, 0.4) is 0 Å². The molecule has 0 bridgehead atoms. The van der Waals surface area contributed by atoms with E-state index in [2.05, 4.69) is 26.3 Å². The minimum absolute atomic E-state index is 0.00350. The largest absolute Gasteiger partial charge is 0.459 e. The molecule has 3 heterocycles. The number of benzene rings is 4. The van der Waals surface area contributed by atoms with Gasteiger partial charge >= 0.3 is 0 Å². The smallest absolute Gasteiger partial charge is 0.294 e. The Morgan fingerprint density at radius 2 is 1.47 bits per heavy atom. The van der Waals surface area contributed by atoms with Gasteiger partial charge in [0.05, 0.1) is 17.4 Å². The number of amides is 7. The molecule has 0 radical (unpaired) electrons. The minimum Gasteiger partial charge on any atom is -0.459 e. The highest BCUT2D eigenvalue weighted by Crippen LogP contribution is 2.34. The van der Waals surface area contributed by atoms with Gasteiger partial charge in [-0.25, -0.2) is 0 Å². The molecule has 15 nitrogen and oxygen atoms in total. The van der Waals surface area contributed by atoms with Gasteiger partial charge in [-0.2, -0.15) is 0 Å². The fourth-order valence-corrected chi connectivity index (χ4v) is 7.63. The second kappa shape index (κ2) is 20.6. The average Bonchev–Trinajstić information content (AvgIpc) is 3.96. The third-order valence-corrected chi connectivity index (χ3v) is 10.7. The van der Waals surface area contributed by atoms with E-state index in [1.807, 2.05) is 42.5 Å². The molecule has 324 valence electrons. The maximum absolute atomic E-state index is 14.8. The summed E-state index contributed by atoms with van der Waals surface area (Å²) in [5, 5.41) is 11.1. The lowest BCUT2D eigenvalue weighted by Crippen LogP contribution is -2.49. The van der Waals surface area contributed by atoms with E-state index in [1.54, 1.807) is 85.9 Å². The Morgan fingerprint density at radius 3 is 2.14 bits per heavy atom. The van der Waals surface area contributed by atoms with E-state index in [4.69, 9.17) is 4.42 Å². The monoisotopic (exact) mass is 859 g/mol. The van der Waals surface area contributed by atoms with Crippen molar-refractivity contribution < 1.29 is 38.0 Å². The number of nitrogens with zero attached hydrogens (tertiary/aromatic N) is 3. The molecule has 0 saturated heterocycles. The van der Waals surface area contributed by atoms with Gasteiger partial charge < -0.3 is 20.4 Å². The molecular formula is C49H45N7O8. The SMILES string of the molecule is CCCC(C(=O)NC=O)N1C(=O)c2cccc(NCCCNC(=O)C(NC(=O)C(c3cccnc3)N(C(=O)c3ccco3)c3ccc(-c4ccccc4)cc3)c3ccccc3)c2C1=O. The number of fused-ring (bicyclic) bond motifs is 1. The quantitative estimate of drug-likeness (QED) is 0.0411. The molecule has 1 aliphatic heterocycles. The van der Waals surface area contributed by atoms with Crippen LogP contribution in [0.4, 0.5) is 11.4 Å². The molecule has 4 N–H and O–H groups in total. The van der Waals surface area contributed by atoms with E-state index in [9.17, 15) is 33.6 Å². The topological polar surface area (TPSA) is 200 Å². The summed E-state index contributed by atoms with van der Waals surface area (Å²) in [4.78, 5) is 100. The molecule has 64 heavy (non-hydrogen) atoms. The Bertz CT molecular complexity index is 2610. The summed E-state index contributed by atoms with van der Waals surface area (Å²) in [6, 6.07) is 33.2. The molecule has 0 fully saturated rings. The van der Waals surface area contributed by atoms with Crippen LogP contribution in [0, 0.1) is 0 Å². The molecule has 2 aromatic heterocycles. The van der Waals surface area contributed by atoms with Crippen molar-refractivity contribution in [2.45, 2.75) is 44.3 Å². The standard InChI is InChI=1S/C49H45N7O8/c1-2-13-39(44(58)53-31-57)56-47(61)37-19-9-20-38(41(37)49(56)63)51-27-12-28-52-45(59)42(34-16-7-4-8-17-34)54-46(60)43(35-18-10-26-50-30-35)55(48(62)40-21-11-29-64-40)36-24-22-33(23-25-36)32-14-5-3-6-15-32/h3-11,14-26,29-31,39,42-43,51H,2,12-13,27-28H2,1H3,(H,52,59)(H,54,60)(H,53,57,58). The van der Waals surface area contributed by atoms with Crippen molar-refractivity contribution in [2.24, 2.45) is 0 Å². The van der Waals surface area contributed by atoms with Gasteiger partial charge in [-0.1, -0.05) is 98.3 Å². The highest BCUT2D eigenvalue weighted by atomic mass is 16.3. The number of carbonyl (C=O) groups is 7. The van der Waals surface area contributed by atoms with E-state index in [0.717, 1.165) is 16.0 Å². The first kappa shape index (κ1) is 43.9. The normalized spacial score (nSPS) is 13.2. The first-order chi connectivity index (χ1) is 31.2. The summed E-state index contributed by atoms with van der Waals surface area (Å²) in [7, 11) is 0. The van der Waals surface area contributed by atoms with E-state index in [-0.39, 0.29) is 42.8 Å². The number of hydrogen-bond donors (Lipinski definition) is 4. The predicted octanol–water partition coefficient (Wildman–Crippen LogP) is 6.24. The summed E-state index contributed by atoms with van der Waals surface area (Å²) in [6.07, 6.45) is 5.65. The molecule has 1 aliphatic rings. The van der Waals surface area contributed by atoms with Crippen LogP contribution >= 0.6 is 0 Å². The molecule has 6 aromatic rings. The summed E-state index contributed by atoms with van der Waals surface area (Å²) in [5.41, 5.74) is 3.74. The molecule has 7 amide bonds. The molecule has 4 aromatic carbocycles. The highest BCUT2D eigenvalue weighted by molar-refractivity contribution is 6.25. The zero-order chi connectivity index (χ0) is 45.0. The Kier molecular flexibility index (Phi) is 14.1. The molecule has 0 aliphatic carbocycles. The first-order valence-electron chi connectivity index (χ1n) is 20.8. The molecule has 3 unspecified atom stereocenters. The summed E-state index contributed by atoms with van der Waals surface area (Å²) in [5.74, 6) is -3.82. The number of furan rings is 1. The van der Waals surface area contributed by atoms with Gasteiger partial charge in [-0.15, -0.1) is 0 Å². The molecule has 0 saturated carbocycles. The van der Waals surface area contributed by atoms with Crippen LogP contribution in [-0.4, -0.2) is 70.9 Å². The van der Waals surface area contributed by atoms with Crippen LogP contribution in [0.1, 0.15) is 80.7 Å². The van der Waals surface area contributed by atoms with Crippen molar-refractivity contribution in [1.29, 1.82) is 0 Å². The number of imide groups is 2. The maximum atomic E-state index is 14.8. The lowest BCUT2D eigenvalue weighted by atomic mass is 10.0. The van der Waals surface area contributed by atoms with Crippen LogP contribution < -0.4 is 26.2 Å². The second-order valence-corrected chi connectivity index (χ2v) is 14.8. The van der Waals surface area contributed by atoms with Crippen LogP contribution in [-0.2, 0) is 19.2 Å². The average molecular weight is 860 g/mol. The Balaban J connectivity index is 1.09. The van der Waals surface area contributed by atoms with Gasteiger partial charge in [0.2, 0.25) is 24.1 Å². The van der Waals surface area contributed by atoms with Crippen molar-refractivity contribution in [3.63, 3.8) is 0 Å². The van der Waals surface area contributed by atoms with E-state index in [0.29, 0.717) is 35.3 Å². The number of rotatable bonds is 19. The van der Waals surface area contributed by atoms with E-state index < -0.39 is 53.6 Å². The maximum Gasteiger partial charge on any atom is 0.294 e. The zero-order valence-corrected chi connectivity index (χ0v) is 34.8. The molecule has 0 spiro atoms.